The van der Waals surface area contributed by atoms with E-state index >= 15 is 0 Å². The van der Waals surface area contributed by atoms with Gasteiger partial charge in [-0.3, -0.25) is 0 Å². The number of benzene rings is 1. The van der Waals surface area contributed by atoms with Gasteiger partial charge in [-0.25, -0.2) is 4.68 Å². The van der Waals surface area contributed by atoms with Crippen LogP contribution in [-0.2, 0) is 0 Å². The van der Waals surface area contributed by atoms with Crippen LogP contribution in [-0.4, -0.2) is 9.78 Å². The Bertz CT molecular complexity index is 532. The smallest absolute Gasteiger partial charge is 0.133 e. The Labute approximate surface area is 107 Å². The SMILES string of the molecule is Clc1cc(C2CC2)nn1-c1ccccc1Br. The molecule has 2 aromatic rings. The van der Waals surface area contributed by atoms with Gasteiger partial charge >= 0.3 is 0 Å². The summed E-state index contributed by atoms with van der Waals surface area (Å²) in [5.74, 6) is 0.626. The molecule has 0 saturated heterocycles. The van der Waals surface area contributed by atoms with Crippen molar-refractivity contribution in [3.8, 4) is 5.69 Å². The van der Waals surface area contributed by atoms with Gasteiger partial charge in [0.25, 0.3) is 0 Å². The summed E-state index contributed by atoms with van der Waals surface area (Å²) in [5.41, 5.74) is 2.10. The van der Waals surface area contributed by atoms with Crippen LogP contribution in [0.25, 0.3) is 5.69 Å². The average molecular weight is 298 g/mol. The van der Waals surface area contributed by atoms with Crippen molar-refractivity contribution >= 4 is 27.5 Å². The number of hydrogen-bond acceptors (Lipinski definition) is 1. The van der Waals surface area contributed by atoms with Crippen molar-refractivity contribution in [2.24, 2.45) is 0 Å². The van der Waals surface area contributed by atoms with Crippen LogP contribution in [0.4, 0.5) is 0 Å². The first-order valence-electron chi connectivity index (χ1n) is 5.26. The van der Waals surface area contributed by atoms with E-state index in [-0.39, 0.29) is 0 Å². The van der Waals surface area contributed by atoms with E-state index in [9.17, 15) is 0 Å². The molecule has 16 heavy (non-hydrogen) atoms. The quantitative estimate of drug-likeness (QED) is 0.813. The van der Waals surface area contributed by atoms with Gasteiger partial charge in [0.15, 0.2) is 0 Å². The lowest BCUT2D eigenvalue weighted by molar-refractivity contribution is 0.835. The highest BCUT2D eigenvalue weighted by Crippen LogP contribution is 2.40. The van der Waals surface area contributed by atoms with Crippen molar-refractivity contribution < 1.29 is 0 Å². The summed E-state index contributed by atoms with van der Waals surface area (Å²) in [6, 6.07) is 9.92. The third-order valence-electron chi connectivity index (χ3n) is 2.76. The van der Waals surface area contributed by atoms with Gasteiger partial charge in [0, 0.05) is 10.4 Å². The average Bonchev–Trinajstić information content (AvgIpc) is 3.04. The summed E-state index contributed by atoms with van der Waals surface area (Å²) in [6.45, 7) is 0. The lowest BCUT2D eigenvalue weighted by Gasteiger charge is -2.04. The highest BCUT2D eigenvalue weighted by Gasteiger charge is 2.27. The maximum atomic E-state index is 6.20. The number of nitrogens with zero attached hydrogens (tertiary/aromatic N) is 2. The molecule has 1 fully saturated rings. The zero-order chi connectivity index (χ0) is 11.1. The fraction of sp³-hybridized carbons (Fsp3) is 0.250. The molecule has 0 spiro atoms. The summed E-state index contributed by atoms with van der Waals surface area (Å²) < 4.78 is 2.79. The first-order chi connectivity index (χ1) is 7.75. The first kappa shape index (κ1) is 10.4. The van der Waals surface area contributed by atoms with E-state index < -0.39 is 0 Å². The van der Waals surface area contributed by atoms with E-state index in [0.29, 0.717) is 11.1 Å². The largest absolute Gasteiger partial charge is 0.221 e. The second-order valence-corrected chi connectivity index (χ2v) is 5.27. The van der Waals surface area contributed by atoms with Crippen LogP contribution in [0, 0.1) is 0 Å². The van der Waals surface area contributed by atoms with Gasteiger partial charge in [0.1, 0.15) is 5.15 Å². The van der Waals surface area contributed by atoms with Gasteiger partial charge < -0.3 is 0 Å². The predicted molar refractivity (Wildman–Crippen MR) is 68.2 cm³/mol. The van der Waals surface area contributed by atoms with Crippen molar-refractivity contribution in [2.75, 3.05) is 0 Å². The fourth-order valence-corrected chi connectivity index (χ4v) is 2.44. The Morgan fingerprint density at radius 2 is 2.06 bits per heavy atom. The van der Waals surface area contributed by atoms with Crippen molar-refractivity contribution in [3.05, 3.63) is 45.7 Å². The Hall–Kier alpha value is -0.800. The molecule has 1 aromatic carbocycles. The van der Waals surface area contributed by atoms with Crippen LogP contribution < -0.4 is 0 Å². The molecule has 0 N–H and O–H groups in total. The van der Waals surface area contributed by atoms with E-state index in [4.69, 9.17) is 11.6 Å². The Morgan fingerprint density at radius 1 is 1.31 bits per heavy atom. The molecule has 1 aromatic heterocycles. The first-order valence-corrected chi connectivity index (χ1v) is 6.43. The lowest BCUT2D eigenvalue weighted by atomic mass is 10.3. The van der Waals surface area contributed by atoms with E-state index in [1.165, 1.54) is 12.8 Å². The van der Waals surface area contributed by atoms with Gasteiger partial charge in [-0.15, -0.1) is 0 Å². The number of hydrogen-bond donors (Lipinski definition) is 0. The van der Waals surface area contributed by atoms with Gasteiger partial charge in [-0.05, 0) is 47.0 Å². The molecule has 0 atom stereocenters. The molecule has 0 unspecified atom stereocenters. The van der Waals surface area contributed by atoms with Gasteiger partial charge in [0.2, 0.25) is 0 Å². The van der Waals surface area contributed by atoms with Gasteiger partial charge in [-0.2, -0.15) is 5.10 Å². The van der Waals surface area contributed by atoms with E-state index in [1.807, 2.05) is 30.3 Å². The molecule has 4 heteroatoms. The van der Waals surface area contributed by atoms with Crippen LogP contribution in [0.5, 0.6) is 0 Å². The summed E-state index contributed by atoms with van der Waals surface area (Å²) in [6.07, 6.45) is 2.48. The minimum Gasteiger partial charge on any atom is -0.221 e. The number of halogens is 2. The van der Waals surface area contributed by atoms with Crippen LogP contribution in [0.3, 0.4) is 0 Å². The zero-order valence-electron chi connectivity index (χ0n) is 8.53. The number of rotatable bonds is 2. The second kappa shape index (κ2) is 3.90. The number of aromatic nitrogens is 2. The number of para-hydroxylation sites is 1. The molecule has 1 saturated carbocycles. The van der Waals surface area contributed by atoms with Crippen LogP contribution in [0.1, 0.15) is 24.5 Å². The maximum absolute atomic E-state index is 6.20. The van der Waals surface area contributed by atoms with Gasteiger partial charge in [0.05, 0.1) is 11.4 Å². The van der Waals surface area contributed by atoms with Crippen LogP contribution in [0.15, 0.2) is 34.8 Å². The standard InChI is InChI=1S/C12H10BrClN2/c13-9-3-1-2-4-11(9)16-12(14)7-10(15-16)8-5-6-8/h1-4,7-8H,5-6H2. The zero-order valence-corrected chi connectivity index (χ0v) is 10.9. The molecule has 1 heterocycles. The monoisotopic (exact) mass is 296 g/mol. The second-order valence-electron chi connectivity index (χ2n) is 4.03. The minimum atomic E-state index is 0.626. The molecule has 1 aliphatic carbocycles. The third kappa shape index (κ3) is 1.78. The molecule has 0 bridgehead atoms. The van der Waals surface area contributed by atoms with E-state index in [0.717, 1.165) is 15.9 Å². The van der Waals surface area contributed by atoms with Gasteiger partial charge in [-0.1, -0.05) is 23.7 Å². The molecule has 82 valence electrons. The van der Waals surface area contributed by atoms with E-state index in [1.54, 1.807) is 4.68 Å². The maximum Gasteiger partial charge on any atom is 0.133 e. The van der Waals surface area contributed by atoms with Crippen molar-refractivity contribution in [2.45, 2.75) is 18.8 Å². The molecular formula is C12H10BrClN2. The summed E-state index contributed by atoms with van der Waals surface area (Å²) in [5, 5.41) is 5.23. The predicted octanol–water partition coefficient (Wildman–Crippen LogP) is 4.17. The fourth-order valence-electron chi connectivity index (χ4n) is 1.75. The molecule has 2 nitrogen and oxygen atoms in total. The van der Waals surface area contributed by atoms with E-state index in [2.05, 4.69) is 21.0 Å². The lowest BCUT2D eigenvalue weighted by Crippen LogP contribution is -1.98. The summed E-state index contributed by atoms with van der Waals surface area (Å²) in [7, 11) is 0. The van der Waals surface area contributed by atoms with Crippen molar-refractivity contribution in [1.82, 2.24) is 9.78 Å². The highest BCUT2D eigenvalue weighted by atomic mass is 79.9. The Morgan fingerprint density at radius 3 is 2.75 bits per heavy atom. The normalized spacial score (nSPS) is 15.4. The van der Waals surface area contributed by atoms with Crippen molar-refractivity contribution in [3.63, 3.8) is 0 Å². The minimum absolute atomic E-state index is 0.626. The molecule has 0 radical (unpaired) electrons. The molecule has 0 aliphatic heterocycles. The molecule has 3 rings (SSSR count). The third-order valence-corrected chi connectivity index (χ3v) is 3.70. The summed E-state index contributed by atoms with van der Waals surface area (Å²) >= 11 is 9.71. The Balaban J connectivity index is 2.08. The summed E-state index contributed by atoms with van der Waals surface area (Å²) in [4.78, 5) is 0. The molecular weight excluding hydrogens is 288 g/mol. The topological polar surface area (TPSA) is 17.8 Å². The highest BCUT2D eigenvalue weighted by molar-refractivity contribution is 9.10. The van der Waals surface area contributed by atoms with Crippen molar-refractivity contribution in [1.29, 1.82) is 0 Å². The molecule has 1 aliphatic rings. The van der Waals surface area contributed by atoms with Crippen LogP contribution >= 0.6 is 27.5 Å². The van der Waals surface area contributed by atoms with Crippen LogP contribution in [0.2, 0.25) is 5.15 Å². The Kier molecular flexibility index (Phi) is 2.52. The molecule has 0 amide bonds.